The van der Waals surface area contributed by atoms with Crippen LogP contribution in [0.2, 0.25) is 0 Å². The fourth-order valence-electron chi connectivity index (χ4n) is 2.51. The molecular formula is C17H21N3O5S2. The number of thiophene rings is 1. The van der Waals surface area contributed by atoms with Crippen molar-refractivity contribution in [3.8, 4) is 0 Å². The van der Waals surface area contributed by atoms with E-state index in [1.54, 1.807) is 13.8 Å². The van der Waals surface area contributed by atoms with Crippen molar-refractivity contribution in [2.75, 3.05) is 24.3 Å². The summed E-state index contributed by atoms with van der Waals surface area (Å²) in [6.07, 6.45) is 0.630. The van der Waals surface area contributed by atoms with E-state index in [4.69, 9.17) is 15.2 Å². The van der Waals surface area contributed by atoms with Crippen LogP contribution in [0, 0.1) is 13.8 Å². The Morgan fingerprint density at radius 2 is 1.78 bits per heavy atom. The minimum absolute atomic E-state index is 0.167. The maximum absolute atomic E-state index is 12.3. The van der Waals surface area contributed by atoms with Crippen molar-refractivity contribution in [3.05, 3.63) is 27.3 Å². The van der Waals surface area contributed by atoms with Crippen molar-refractivity contribution < 1.29 is 23.9 Å². The number of carbonyl (C=O) groups is 3. The summed E-state index contributed by atoms with van der Waals surface area (Å²) < 4.78 is 14.1. The molecule has 0 aliphatic carbocycles. The smallest absolute Gasteiger partial charge is 0.343 e. The van der Waals surface area contributed by atoms with Gasteiger partial charge in [-0.1, -0.05) is 6.92 Å². The lowest BCUT2D eigenvalue weighted by atomic mass is 10.1. The molecule has 10 heteroatoms. The first-order valence-corrected chi connectivity index (χ1v) is 9.87. The predicted octanol–water partition coefficient (Wildman–Crippen LogP) is 2.94. The molecule has 0 fully saturated rings. The van der Waals surface area contributed by atoms with Crippen LogP contribution in [0.3, 0.4) is 0 Å². The molecule has 2 rings (SSSR count). The molecule has 0 saturated heterocycles. The van der Waals surface area contributed by atoms with E-state index in [1.807, 2.05) is 13.8 Å². The molecule has 1 amide bonds. The van der Waals surface area contributed by atoms with E-state index in [9.17, 15) is 14.4 Å². The van der Waals surface area contributed by atoms with E-state index in [-0.39, 0.29) is 17.2 Å². The number of nitrogen functional groups attached to an aromatic ring is 1. The van der Waals surface area contributed by atoms with E-state index in [1.165, 1.54) is 11.3 Å². The van der Waals surface area contributed by atoms with E-state index in [2.05, 4.69) is 9.69 Å². The van der Waals surface area contributed by atoms with Crippen LogP contribution >= 0.6 is 22.9 Å². The molecule has 0 aliphatic rings. The number of hydrogen-bond acceptors (Lipinski definition) is 9. The Hall–Kier alpha value is -2.46. The molecule has 0 bridgehead atoms. The van der Waals surface area contributed by atoms with Gasteiger partial charge in [0.15, 0.2) is 6.61 Å². The molecule has 0 saturated carbocycles. The number of rotatable bonds is 7. The molecule has 0 aromatic carbocycles. The van der Waals surface area contributed by atoms with Crippen LogP contribution < -0.4 is 11.1 Å². The third kappa shape index (κ3) is 4.64. The van der Waals surface area contributed by atoms with Crippen molar-refractivity contribution in [3.63, 3.8) is 0 Å². The van der Waals surface area contributed by atoms with Gasteiger partial charge >= 0.3 is 11.9 Å². The number of anilines is 2. The van der Waals surface area contributed by atoms with Crippen LogP contribution in [0.15, 0.2) is 0 Å². The molecule has 2 heterocycles. The Bertz CT molecular complexity index is 853. The van der Waals surface area contributed by atoms with E-state index in [0.29, 0.717) is 22.7 Å². The Morgan fingerprint density at radius 1 is 1.11 bits per heavy atom. The average Bonchev–Trinajstić information content (AvgIpc) is 3.11. The normalized spacial score (nSPS) is 10.5. The largest absolute Gasteiger partial charge is 0.462 e. The highest BCUT2D eigenvalue weighted by Gasteiger charge is 2.24. The zero-order valence-corrected chi connectivity index (χ0v) is 17.1. The molecule has 0 radical (unpaired) electrons. The van der Waals surface area contributed by atoms with Crippen molar-refractivity contribution >= 4 is 50.7 Å². The van der Waals surface area contributed by atoms with Gasteiger partial charge in [-0.3, -0.25) is 4.79 Å². The van der Waals surface area contributed by atoms with Crippen LogP contribution in [0.4, 0.5) is 10.0 Å². The number of esters is 2. The standard InChI is InChI=1S/C17H21N3O5S2/c1-5-10-9(4)26-15(13(10)17(23)24-6-2)19-11(21)7-25-16(22)12-8(3)20-27-14(12)18/h5-7,18H2,1-4H3,(H,19,21). The number of aryl methyl sites for hydroxylation is 2. The number of carbonyl (C=O) groups excluding carboxylic acids is 3. The Kier molecular flexibility index (Phi) is 6.92. The Labute approximate surface area is 164 Å². The lowest BCUT2D eigenvalue weighted by Gasteiger charge is -2.08. The molecule has 8 nitrogen and oxygen atoms in total. The number of aromatic nitrogens is 1. The van der Waals surface area contributed by atoms with Gasteiger partial charge in [0.1, 0.15) is 15.6 Å². The number of nitrogens with one attached hydrogen (secondary N) is 1. The number of ether oxygens (including phenoxy) is 2. The predicted molar refractivity (Wildman–Crippen MR) is 105 cm³/mol. The van der Waals surface area contributed by atoms with Crippen LogP contribution in [0.25, 0.3) is 0 Å². The summed E-state index contributed by atoms with van der Waals surface area (Å²) in [5.41, 5.74) is 7.50. The molecule has 2 aromatic heterocycles. The first kappa shape index (κ1) is 20.8. The lowest BCUT2D eigenvalue weighted by Crippen LogP contribution is -2.22. The molecule has 0 atom stereocenters. The average molecular weight is 412 g/mol. The molecule has 3 N–H and O–H groups in total. The highest BCUT2D eigenvalue weighted by molar-refractivity contribution is 7.16. The maximum atomic E-state index is 12.3. The molecule has 27 heavy (non-hydrogen) atoms. The first-order chi connectivity index (χ1) is 12.8. The van der Waals surface area contributed by atoms with Crippen molar-refractivity contribution in [2.45, 2.75) is 34.1 Å². The summed E-state index contributed by atoms with van der Waals surface area (Å²) in [5, 5.41) is 3.26. The molecule has 146 valence electrons. The monoisotopic (exact) mass is 411 g/mol. The first-order valence-electron chi connectivity index (χ1n) is 8.28. The third-order valence-electron chi connectivity index (χ3n) is 3.72. The van der Waals surface area contributed by atoms with E-state index >= 15 is 0 Å². The van der Waals surface area contributed by atoms with Gasteiger partial charge in [-0.05, 0) is 44.3 Å². The zero-order valence-electron chi connectivity index (χ0n) is 15.5. The number of hydrogen-bond donors (Lipinski definition) is 2. The fourth-order valence-corrected chi connectivity index (χ4v) is 4.31. The summed E-state index contributed by atoms with van der Waals surface area (Å²) in [7, 11) is 0. The van der Waals surface area contributed by atoms with E-state index < -0.39 is 24.5 Å². The van der Waals surface area contributed by atoms with Gasteiger partial charge in [0.25, 0.3) is 5.91 Å². The van der Waals surface area contributed by atoms with Gasteiger partial charge in [-0.15, -0.1) is 11.3 Å². The van der Waals surface area contributed by atoms with E-state index in [0.717, 1.165) is 22.0 Å². The minimum atomic E-state index is -0.712. The fraction of sp³-hybridized carbons (Fsp3) is 0.412. The SMILES string of the molecule is CCOC(=O)c1c(NC(=O)COC(=O)c2c(C)nsc2N)sc(C)c1CC. The second-order valence-corrected chi connectivity index (χ2v) is 7.58. The van der Waals surface area contributed by atoms with Gasteiger partial charge in [0.2, 0.25) is 0 Å². The quantitative estimate of drug-likeness (QED) is 0.672. The highest BCUT2D eigenvalue weighted by Crippen LogP contribution is 2.34. The molecule has 2 aromatic rings. The van der Waals surface area contributed by atoms with Gasteiger partial charge in [0, 0.05) is 4.88 Å². The lowest BCUT2D eigenvalue weighted by molar-refractivity contribution is -0.119. The molecular weight excluding hydrogens is 390 g/mol. The maximum Gasteiger partial charge on any atom is 0.343 e. The number of nitrogens with two attached hydrogens (primary N) is 1. The van der Waals surface area contributed by atoms with Crippen LogP contribution in [0.5, 0.6) is 0 Å². The summed E-state index contributed by atoms with van der Waals surface area (Å²) in [4.78, 5) is 37.5. The van der Waals surface area contributed by atoms with Crippen LogP contribution in [0.1, 0.15) is 50.7 Å². The molecule has 0 unspecified atom stereocenters. The number of amides is 1. The Morgan fingerprint density at radius 3 is 2.33 bits per heavy atom. The summed E-state index contributed by atoms with van der Waals surface area (Å²) >= 11 is 2.27. The Balaban J connectivity index is 2.09. The molecule has 0 spiro atoms. The van der Waals surface area contributed by atoms with Crippen molar-refractivity contribution in [1.82, 2.24) is 4.37 Å². The second-order valence-electron chi connectivity index (χ2n) is 5.55. The second kappa shape index (κ2) is 8.96. The van der Waals surface area contributed by atoms with Crippen LogP contribution in [-0.2, 0) is 20.7 Å². The van der Waals surface area contributed by atoms with Gasteiger partial charge in [-0.2, -0.15) is 4.37 Å². The third-order valence-corrected chi connectivity index (χ3v) is 5.55. The number of nitrogens with zero attached hydrogens (tertiary/aromatic N) is 1. The highest BCUT2D eigenvalue weighted by atomic mass is 32.1. The van der Waals surface area contributed by atoms with Gasteiger partial charge in [0.05, 0.1) is 17.9 Å². The zero-order chi connectivity index (χ0) is 20.1. The molecule has 0 aliphatic heterocycles. The minimum Gasteiger partial charge on any atom is -0.462 e. The summed E-state index contributed by atoms with van der Waals surface area (Å²) in [5.74, 6) is -1.76. The van der Waals surface area contributed by atoms with Gasteiger partial charge < -0.3 is 20.5 Å². The summed E-state index contributed by atoms with van der Waals surface area (Å²) in [6.45, 7) is 6.87. The van der Waals surface area contributed by atoms with Gasteiger partial charge in [-0.25, -0.2) is 9.59 Å². The van der Waals surface area contributed by atoms with Crippen LogP contribution in [-0.4, -0.2) is 35.4 Å². The van der Waals surface area contributed by atoms with Crippen molar-refractivity contribution in [2.24, 2.45) is 0 Å². The topological polar surface area (TPSA) is 121 Å². The van der Waals surface area contributed by atoms with Crippen molar-refractivity contribution in [1.29, 1.82) is 0 Å². The summed E-state index contributed by atoms with van der Waals surface area (Å²) in [6, 6.07) is 0.